The fourth-order valence-corrected chi connectivity index (χ4v) is 2.50. The summed E-state index contributed by atoms with van der Waals surface area (Å²) in [5.41, 5.74) is -0.169. The second-order valence-electron chi connectivity index (χ2n) is 5.19. The number of hydrogen-bond acceptors (Lipinski definition) is 3. The van der Waals surface area contributed by atoms with Crippen LogP contribution in [0.1, 0.15) is 20.9 Å². The van der Waals surface area contributed by atoms with Crippen molar-refractivity contribution in [3.63, 3.8) is 0 Å². The van der Waals surface area contributed by atoms with E-state index in [2.05, 4.69) is 0 Å². The normalized spacial score (nSPS) is 14.9. The van der Waals surface area contributed by atoms with E-state index in [4.69, 9.17) is 4.42 Å². The van der Waals surface area contributed by atoms with Crippen LogP contribution in [0.2, 0.25) is 0 Å². The molecule has 23 heavy (non-hydrogen) atoms. The van der Waals surface area contributed by atoms with E-state index in [1.165, 1.54) is 11.2 Å². The fourth-order valence-electron chi connectivity index (χ4n) is 2.50. The summed E-state index contributed by atoms with van der Waals surface area (Å²) in [5.74, 6) is -2.12. The van der Waals surface area contributed by atoms with Gasteiger partial charge in [0.05, 0.1) is 11.8 Å². The summed E-state index contributed by atoms with van der Waals surface area (Å²) in [6, 6.07) is 6.07. The van der Waals surface area contributed by atoms with Crippen LogP contribution in [-0.2, 0) is 0 Å². The highest BCUT2D eigenvalue weighted by atomic mass is 19.1. The zero-order valence-corrected chi connectivity index (χ0v) is 12.2. The lowest BCUT2D eigenvalue weighted by atomic mass is 10.1. The molecule has 0 bridgehead atoms. The van der Waals surface area contributed by atoms with Crippen molar-refractivity contribution in [1.82, 2.24) is 9.80 Å². The van der Waals surface area contributed by atoms with Crippen LogP contribution in [0.3, 0.4) is 0 Å². The van der Waals surface area contributed by atoms with E-state index in [-0.39, 0.29) is 30.3 Å². The second kappa shape index (κ2) is 6.20. The van der Waals surface area contributed by atoms with E-state index < -0.39 is 17.5 Å². The number of amides is 2. The predicted molar refractivity (Wildman–Crippen MR) is 76.9 cm³/mol. The summed E-state index contributed by atoms with van der Waals surface area (Å²) >= 11 is 0. The van der Waals surface area contributed by atoms with Crippen LogP contribution >= 0.6 is 0 Å². The first-order valence-electron chi connectivity index (χ1n) is 7.13. The van der Waals surface area contributed by atoms with Gasteiger partial charge in [0.2, 0.25) is 0 Å². The Kier molecular flexibility index (Phi) is 4.10. The van der Waals surface area contributed by atoms with E-state index in [1.807, 2.05) is 0 Å². The minimum absolute atomic E-state index is 0.169. The Morgan fingerprint density at radius 2 is 1.61 bits per heavy atom. The van der Waals surface area contributed by atoms with Gasteiger partial charge in [0.1, 0.15) is 11.6 Å². The van der Waals surface area contributed by atoms with Gasteiger partial charge >= 0.3 is 0 Å². The molecule has 1 fully saturated rings. The van der Waals surface area contributed by atoms with Crippen LogP contribution in [0.15, 0.2) is 41.0 Å². The summed E-state index contributed by atoms with van der Waals surface area (Å²) in [4.78, 5) is 27.4. The molecule has 1 aromatic carbocycles. The molecular formula is C16H14F2N2O3. The van der Waals surface area contributed by atoms with Crippen molar-refractivity contribution in [2.45, 2.75) is 0 Å². The Morgan fingerprint density at radius 3 is 2.17 bits per heavy atom. The molecule has 0 aliphatic carbocycles. The Labute approximate surface area is 131 Å². The Bertz CT molecular complexity index is 723. The number of benzene rings is 1. The van der Waals surface area contributed by atoms with Gasteiger partial charge in [-0.1, -0.05) is 0 Å². The molecule has 2 amide bonds. The third-order valence-electron chi connectivity index (χ3n) is 3.75. The molecular weight excluding hydrogens is 306 g/mol. The van der Waals surface area contributed by atoms with Gasteiger partial charge < -0.3 is 14.2 Å². The Morgan fingerprint density at radius 1 is 0.957 bits per heavy atom. The number of nitrogens with zero attached hydrogens (tertiary/aromatic N) is 2. The number of hydrogen-bond donors (Lipinski definition) is 0. The molecule has 2 heterocycles. The smallest absolute Gasteiger partial charge is 0.289 e. The van der Waals surface area contributed by atoms with Gasteiger partial charge in [0.25, 0.3) is 11.8 Å². The maximum atomic E-state index is 13.7. The molecule has 0 atom stereocenters. The van der Waals surface area contributed by atoms with Crippen molar-refractivity contribution in [1.29, 1.82) is 0 Å². The summed E-state index contributed by atoms with van der Waals surface area (Å²) in [7, 11) is 0. The average Bonchev–Trinajstić information content (AvgIpc) is 3.08. The van der Waals surface area contributed by atoms with Gasteiger partial charge in [-0.25, -0.2) is 8.78 Å². The van der Waals surface area contributed by atoms with Gasteiger partial charge in [-0.05, 0) is 24.3 Å². The molecule has 0 spiro atoms. The first kappa shape index (κ1) is 15.2. The lowest BCUT2D eigenvalue weighted by Crippen LogP contribution is -2.50. The van der Waals surface area contributed by atoms with E-state index in [0.29, 0.717) is 19.2 Å². The molecule has 1 aliphatic heterocycles. The van der Waals surface area contributed by atoms with Gasteiger partial charge in [-0.15, -0.1) is 0 Å². The SMILES string of the molecule is O=C(c1ccco1)N1CCN(C(=O)c2ccc(F)cc2F)CC1. The minimum atomic E-state index is -0.885. The molecule has 120 valence electrons. The predicted octanol–water partition coefficient (Wildman–Crippen LogP) is 2.16. The third kappa shape index (κ3) is 3.08. The van der Waals surface area contributed by atoms with E-state index in [9.17, 15) is 18.4 Å². The maximum Gasteiger partial charge on any atom is 0.289 e. The highest BCUT2D eigenvalue weighted by Gasteiger charge is 2.27. The van der Waals surface area contributed by atoms with E-state index in [1.54, 1.807) is 17.0 Å². The molecule has 7 heteroatoms. The second-order valence-corrected chi connectivity index (χ2v) is 5.19. The first-order valence-corrected chi connectivity index (χ1v) is 7.13. The quantitative estimate of drug-likeness (QED) is 0.852. The molecule has 0 unspecified atom stereocenters. The standard InChI is InChI=1S/C16H14F2N2O3/c17-11-3-4-12(13(18)10-11)15(21)19-5-7-20(8-6-19)16(22)14-2-1-9-23-14/h1-4,9-10H,5-8H2. The van der Waals surface area contributed by atoms with Gasteiger partial charge in [0.15, 0.2) is 5.76 Å². The van der Waals surface area contributed by atoms with Gasteiger partial charge in [-0.3, -0.25) is 9.59 Å². The zero-order valence-electron chi connectivity index (χ0n) is 12.2. The van der Waals surface area contributed by atoms with Gasteiger partial charge in [-0.2, -0.15) is 0 Å². The summed E-state index contributed by atoms with van der Waals surface area (Å²) < 4.78 is 31.7. The number of rotatable bonds is 2. The number of piperazine rings is 1. The highest BCUT2D eigenvalue weighted by Crippen LogP contribution is 2.15. The highest BCUT2D eigenvalue weighted by molar-refractivity contribution is 5.95. The Balaban J connectivity index is 1.64. The first-order chi connectivity index (χ1) is 11.1. The molecule has 0 N–H and O–H groups in total. The molecule has 5 nitrogen and oxygen atoms in total. The van der Waals surface area contributed by atoms with Crippen LogP contribution in [0.5, 0.6) is 0 Å². The monoisotopic (exact) mass is 320 g/mol. The molecule has 3 rings (SSSR count). The van der Waals surface area contributed by atoms with Crippen LogP contribution < -0.4 is 0 Å². The lowest BCUT2D eigenvalue weighted by Gasteiger charge is -2.34. The van der Waals surface area contributed by atoms with Crippen LogP contribution in [0.25, 0.3) is 0 Å². The third-order valence-corrected chi connectivity index (χ3v) is 3.75. The summed E-state index contributed by atoms with van der Waals surface area (Å²) in [6.07, 6.45) is 1.42. The maximum absolute atomic E-state index is 13.7. The van der Waals surface area contributed by atoms with Crippen molar-refractivity contribution in [2.75, 3.05) is 26.2 Å². The number of halogens is 2. The van der Waals surface area contributed by atoms with E-state index in [0.717, 1.165) is 12.1 Å². The van der Waals surface area contributed by atoms with Crippen LogP contribution in [-0.4, -0.2) is 47.8 Å². The molecule has 2 aromatic rings. The van der Waals surface area contributed by atoms with Crippen LogP contribution in [0, 0.1) is 11.6 Å². The summed E-state index contributed by atoms with van der Waals surface area (Å²) in [5, 5.41) is 0. The fraction of sp³-hybridized carbons (Fsp3) is 0.250. The number of carbonyl (C=O) groups is 2. The average molecular weight is 320 g/mol. The van der Waals surface area contributed by atoms with Crippen LogP contribution in [0.4, 0.5) is 8.78 Å². The lowest BCUT2D eigenvalue weighted by molar-refractivity contribution is 0.0515. The van der Waals surface area contributed by atoms with Crippen molar-refractivity contribution in [3.05, 3.63) is 59.6 Å². The van der Waals surface area contributed by atoms with Gasteiger partial charge in [0, 0.05) is 32.2 Å². The van der Waals surface area contributed by atoms with E-state index >= 15 is 0 Å². The Hall–Kier alpha value is -2.70. The summed E-state index contributed by atoms with van der Waals surface area (Å²) in [6.45, 7) is 1.21. The molecule has 0 radical (unpaired) electrons. The molecule has 1 aliphatic rings. The molecule has 1 saturated heterocycles. The minimum Gasteiger partial charge on any atom is -0.459 e. The number of furan rings is 1. The molecule has 1 aromatic heterocycles. The van der Waals surface area contributed by atoms with Crippen molar-refractivity contribution < 1.29 is 22.8 Å². The zero-order chi connectivity index (χ0) is 16.4. The molecule has 0 saturated carbocycles. The van der Waals surface area contributed by atoms with Crippen molar-refractivity contribution >= 4 is 11.8 Å². The largest absolute Gasteiger partial charge is 0.459 e. The number of carbonyl (C=O) groups excluding carboxylic acids is 2. The van der Waals surface area contributed by atoms with Crippen molar-refractivity contribution in [3.8, 4) is 0 Å². The topological polar surface area (TPSA) is 53.8 Å². The van der Waals surface area contributed by atoms with Crippen molar-refractivity contribution in [2.24, 2.45) is 0 Å².